The Morgan fingerprint density at radius 3 is 2.67 bits per heavy atom. The lowest BCUT2D eigenvalue weighted by Crippen LogP contribution is -2.47. The van der Waals surface area contributed by atoms with E-state index in [2.05, 4.69) is 40.8 Å². The molecule has 184 valence electrons. The van der Waals surface area contributed by atoms with Gasteiger partial charge in [0.05, 0.1) is 12.3 Å². The topological polar surface area (TPSA) is 108 Å². The van der Waals surface area contributed by atoms with Crippen LogP contribution in [0.5, 0.6) is 0 Å². The Morgan fingerprint density at radius 2 is 1.97 bits per heavy atom. The first-order valence-corrected chi connectivity index (χ1v) is 12.9. The highest BCUT2D eigenvalue weighted by Crippen LogP contribution is 2.28. The number of hydrogen-bond donors (Lipinski definition) is 2. The van der Waals surface area contributed by atoms with Crippen molar-refractivity contribution in [2.24, 2.45) is 5.73 Å². The molecule has 0 spiro atoms. The van der Waals surface area contributed by atoms with E-state index in [1.165, 1.54) is 22.3 Å². The second-order valence-electron chi connectivity index (χ2n) is 9.01. The van der Waals surface area contributed by atoms with Gasteiger partial charge >= 0.3 is 0 Å². The van der Waals surface area contributed by atoms with E-state index in [1.54, 1.807) is 19.3 Å². The molecule has 0 atom stereocenters. The average Bonchev–Trinajstić information content (AvgIpc) is 3.50. The number of nitrogens with one attached hydrogen (secondary N) is 1. The van der Waals surface area contributed by atoms with Crippen molar-refractivity contribution in [2.45, 2.75) is 26.2 Å². The van der Waals surface area contributed by atoms with Gasteiger partial charge in [0.25, 0.3) is 5.91 Å². The van der Waals surface area contributed by atoms with Crippen molar-refractivity contribution in [3.63, 3.8) is 0 Å². The van der Waals surface area contributed by atoms with Crippen LogP contribution in [0, 0.1) is 13.5 Å². The zero-order chi connectivity index (χ0) is 25.1. The largest absolute Gasteiger partial charge is 0.365 e. The van der Waals surface area contributed by atoms with Gasteiger partial charge in [0.2, 0.25) is 5.95 Å². The summed E-state index contributed by atoms with van der Waals surface area (Å²) in [7, 11) is 0. The number of nitrogens with two attached hydrogens (primary N) is 1. The molecule has 36 heavy (non-hydrogen) atoms. The van der Waals surface area contributed by atoms with Crippen LogP contribution in [-0.2, 0) is 6.42 Å². The van der Waals surface area contributed by atoms with Gasteiger partial charge in [-0.2, -0.15) is 0 Å². The minimum Gasteiger partial charge on any atom is -0.365 e. The number of aromatic nitrogens is 4. The van der Waals surface area contributed by atoms with Gasteiger partial charge in [0, 0.05) is 55.8 Å². The molecule has 9 nitrogen and oxygen atoms in total. The van der Waals surface area contributed by atoms with Crippen LogP contribution in [0.2, 0.25) is 0 Å². The van der Waals surface area contributed by atoms with Crippen molar-refractivity contribution < 1.29 is 4.79 Å². The van der Waals surface area contributed by atoms with E-state index in [0.29, 0.717) is 21.3 Å². The highest BCUT2D eigenvalue weighted by Gasteiger charge is 2.20. The summed E-state index contributed by atoms with van der Waals surface area (Å²) in [5.41, 5.74) is 9.92. The predicted molar refractivity (Wildman–Crippen MR) is 143 cm³/mol. The molecular formula is C26H28N8OS. The fourth-order valence-electron chi connectivity index (χ4n) is 4.61. The molecule has 1 amide bonds. The zero-order valence-electron chi connectivity index (χ0n) is 20.2. The summed E-state index contributed by atoms with van der Waals surface area (Å²) in [6.45, 7) is 13.9. The molecule has 3 aromatic heterocycles. The van der Waals surface area contributed by atoms with E-state index in [4.69, 9.17) is 12.3 Å². The van der Waals surface area contributed by atoms with Crippen molar-refractivity contribution >= 4 is 39.8 Å². The third kappa shape index (κ3) is 5.08. The Kier molecular flexibility index (Phi) is 6.93. The number of hydrogen-bond acceptors (Lipinski definition) is 7. The third-order valence-corrected chi connectivity index (χ3v) is 7.83. The number of piperazine rings is 1. The first-order valence-electron chi connectivity index (χ1n) is 12.1. The van der Waals surface area contributed by atoms with Crippen LogP contribution < -0.4 is 10.6 Å². The first kappa shape index (κ1) is 23.9. The summed E-state index contributed by atoms with van der Waals surface area (Å²) < 4.78 is 0. The number of anilines is 1. The van der Waals surface area contributed by atoms with Crippen molar-refractivity contribution in [1.82, 2.24) is 24.8 Å². The Balaban J connectivity index is 1.09. The van der Waals surface area contributed by atoms with Crippen LogP contribution in [0.3, 0.4) is 0 Å². The third-order valence-electron chi connectivity index (χ3n) is 6.61. The molecule has 1 aliphatic rings. The molecule has 1 aromatic carbocycles. The number of carbonyl (C=O) groups is 1. The van der Waals surface area contributed by atoms with Gasteiger partial charge in [-0.3, -0.25) is 9.69 Å². The summed E-state index contributed by atoms with van der Waals surface area (Å²) >= 11 is 1.27. The number of aryl methyl sites for hydroxylation is 2. The number of H-pyrrole nitrogens is 1. The lowest BCUT2D eigenvalue weighted by Gasteiger charge is -2.34. The normalized spacial score (nSPS) is 14.3. The van der Waals surface area contributed by atoms with Gasteiger partial charge in [-0.15, -0.1) is 11.3 Å². The molecule has 0 bridgehead atoms. The Bertz CT molecular complexity index is 1410. The van der Waals surface area contributed by atoms with Crippen molar-refractivity contribution in [1.29, 1.82) is 0 Å². The second-order valence-corrected chi connectivity index (χ2v) is 10.0. The minimum absolute atomic E-state index is 0.458. The van der Waals surface area contributed by atoms with E-state index in [1.807, 2.05) is 18.2 Å². The van der Waals surface area contributed by atoms with E-state index < -0.39 is 5.91 Å². The van der Waals surface area contributed by atoms with Crippen molar-refractivity contribution in [3.05, 3.63) is 64.3 Å². The van der Waals surface area contributed by atoms with Gasteiger partial charge in [-0.1, -0.05) is 6.07 Å². The van der Waals surface area contributed by atoms with Gasteiger partial charge in [0.1, 0.15) is 9.88 Å². The molecule has 0 saturated carbocycles. The Hall–Kier alpha value is -3.81. The summed E-state index contributed by atoms with van der Waals surface area (Å²) in [6, 6.07) is 5.83. The smallest absolute Gasteiger partial charge is 0.260 e. The van der Waals surface area contributed by atoms with Crippen LogP contribution in [-0.4, -0.2) is 63.5 Å². The average molecular weight is 501 g/mol. The number of nitrogens with zero attached hydrogens (tertiary/aromatic N) is 6. The summed E-state index contributed by atoms with van der Waals surface area (Å²) in [5.74, 6) is 0.264. The predicted octanol–water partition coefficient (Wildman–Crippen LogP) is 4.18. The number of rotatable bonds is 8. The minimum atomic E-state index is -0.458. The lowest BCUT2D eigenvalue weighted by molar-refractivity contribution is 0.100. The second kappa shape index (κ2) is 10.4. The standard InChI is InChI=1S/C26H28N8OS/c1-17-23(24(27)35)36-25(32-17)19-15-30-26(31-16-19)34-11-9-33(10-12-34)8-4-3-5-18-14-29-22-7-6-20(28-2)13-21(18)22/h6-7,13-16,29H,3-5,8-12H2,1H3,(H2,27,35). The molecule has 4 aromatic rings. The highest BCUT2D eigenvalue weighted by atomic mass is 32.1. The molecule has 1 fully saturated rings. The van der Waals surface area contributed by atoms with Crippen molar-refractivity contribution in [3.8, 4) is 10.6 Å². The number of thiazole rings is 1. The maximum atomic E-state index is 11.5. The summed E-state index contributed by atoms with van der Waals surface area (Å²) in [5, 5.41) is 1.87. The number of fused-ring (bicyclic) bond motifs is 1. The van der Waals surface area contributed by atoms with E-state index in [-0.39, 0.29) is 0 Å². The maximum absolute atomic E-state index is 11.5. The number of primary amides is 1. The fraction of sp³-hybridized carbons (Fsp3) is 0.346. The number of carbonyl (C=O) groups excluding carboxylic acids is 1. The van der Waals surface area contributed by atoms with Crippen LogP contribution in [0.4, 0.5) is 11.6 Å². The van der Waals surface area contributed by atoms with Gasteiger partial charge < -0.3 is 15.6 Å². The van der Waals surface area contributed by atoms with E-state index in [0.717, 1.165) is 69.0 Å². The van der Waals surface area contributed by atoms with Crippen LogP contribution >= 0.6 is 11.3 Å². The number of unbranched alkanes of at least 4 members (excludes halogenated alkanes) is 1. The SMILES string of the molecule is [C-]#[N+]c1ccc2[nH]cc(CCCCN3CCN(c4ncc(-c5nc(C)c(C(N)=O)s5)cn4)CC3)c2c1. The molecule has 0 aliphatic carbocycles. The molecule has 0 radical (unpaired) electrons. The fourth-order valence-corrected chi connectivity index (χ4v) is 5.50. The highest BCUT2D eigenvalue weighted by molar-refractivity contribution is 7.17. The monoisotopic (exact) mass is 500 g/mol. The summed E-state index contributed by atoms with van der Waals surface area (Å²) in [4.78, 5) is 37.1. The van der Waals surface area contributed by atoms with Gasteiger partial charge in [-0.05, 0) is 55.8 Å². The number of aromatic amines is 1. The zero-order valence-corrected chi connectivity index (χ0v) is 21.0. The number of benzene rings is 1. The summed E-state index contributed by atoms with van der Waals surface area (Å²) in [6.07, 6.45) is 8.89. The molecule has 3 N–H and O–H groups in total. The quantitative estimate of drug-likeness (QED) is 0.278. The Morgan fingerprint density at radius 1 is 1.19 bits per heavy atom. The molecule has 0 unspecified atom stereocenters. The van der Waals surface area contributed by atoms with Crippen LogP contribution in [0.25, 0.3) is 26.3 Å². The molecular weight excluding hydrogens is 472 g/mol. The van der Waals surface area contributed by atoms with E-state index >= 15 is 0 Å². The Labute approximate surface area is 213 Å². The lowest BCUT2D eigenvalue weighted by atomic mass is 10.1. The van der Waals surface area contributed by atoms with Crippen LogP contribution in [0.15, 0.2) is 36.8 Å². The number of amides is 1. The van der Waals surface area contributed by atoms with Gasteiger partial charge in [-0.25, -0.2) is 19.8 Å². The molecule has 1 aliphatic heterocycles. The van der Waals surface area contributed by atoms with E-state index in [9.17, 15) is 4.79 Å². The first-order chi connectivity index (χ1) is 17.5. The van der Waals surface area contributed by atoms with Gasteiger partial charge in [0.15, 0.2) is 5.69 Å². The van der Waals surface area contributed by atoms with Crippen LogP contribution in [0.1, 0.15) is 33.8 Å². The maximum Gasteiger partial charge on any atom is 0.260 e. The molecule has 1 saturated heterocycles. The molecule has 10 heteroatoms. The molecule has 5 rings (SSSR count). The molecule has 4 heterocycles. The van der Waals surface area contributed by atoms with Crippen molar-refractivity contribution in [2.75, 3.05) is 37.6 Å².